The van der Waals surface area contributed by atoms with Crippen molar-refractivity contribution in [1.29, 1.82) is 0 Å². The zero-order chi connectivity index (χ0) is 22.1. The van der Waals surface area contributed by atoms with Gasteiger partial charge in [0.05, 0.1) is 29.3 Å². The Morgan fingerprint density at radius 1 is 1.06 bits per heavy atom. The van der Waals surface area contributed by atoms with Crippen LogP contribution in [0.4, 0.5) is 0 Å². The number of aliphatic hydroxyl groups excluding tert-OH is 1. The number of likely N-dealkylation sites (tertiary alicyclic amines) is 1. The maximum atomic E-state index is 13.2. The molecule has 2 fully saturated rings. The molecule has 5 nitrogen and oxygen atoms in total. The number of hydrogen-bond donors (Lipinski definition) is 1. The molecule has 1 N–H and O–H groups in total. The molecule has 1 aliphatic heterocycles. The molecule has 0 radical (unpaired) electrons. The molecule has 1 heterocycles. The zero-order valence-corrected chi connectivity index (χ0v) is 18.6. The minimum absolute atomic E-state index is 0.0263. The van der Waals surface area contributed by atoms with Crippen molar-refractivity contribution in [1.82, 2.24) is 4.90 Å². The normalized spacial score (nSPS) is 21.5. The van der Waals surface area contributed by atoms with Gasteiger partial charge in [-0.2, -0.15) is 0 Å². The van der Waals surface area contributed by atoms with Crippen molar-refractivity contribution >= 4 is 40.7 Å². The lowest BCUT2D eigenvalue weighted by molar-refractivity contribution is -0.141. The van der Waals surface area contributed by atoms with E-state index in [1.807, 2.05) is 30.3 Å². The van der Waals surface area contributed by atoms with Gasteiger partial charge in [0.15, 0.2) is 0 Å². The number of ketones is 1. The lowest BCUT2D eigenvalue weighted by Gasteiger charge is -2.35. The third-order valence-corrected chi connectivity index (χ3v) is 6.53. The number of ether oxygens (including phenoxy) is 1. The van der Waals surface area contributed by atoms with Crippen molar-refractivity contribution < 1.29 is 19.4 Å². The molecular formula is C24H23Cl2NO4. The lowest BCUT2D eigenvalue weighted by Crippen LogP contribution is -2.40. The van der Waals surface area contributed by atoms with Gasteiger partial charge in [-0.15, -0.1) is 0 Å². The Bertz CT molecular complexity index is 1050. The number of benzene rings is 2. The predicted octanol–water partition coefficient (Wildman–Crippen LogP) is 5.76. The van der Waals surface area contributed by atoms with E-state index in [2.05, 4.69) is 0 Å². The summed E-state index contributed by atoms with van der Waals surface area (Å²) in [6, 6.07) is 11.5. The molecule has 2 aromatic rings. The van der Waals surface area contributed by atoms with Crippen molar-refractivity contribution in [3.05, 3.63) is 69.2 Å². The SMILES string of the molecule is COc1c(Cl)cc(Cl)cc1/C(O)=C1\C(=O)C(=O)N(C2CCCCC2)C1c1ccccc1. The van der Waals surface area contributed by atoms with Crippen LogP contribution >= 0.6 is 23.2 Å². The molecule has 162 valence electrons. The Balaban J connectivity index is 1.93. The largest absolute Gasteiger partial charge is 0.507 e. The third kappa shape index (κ3) is 3.92. The number of nitrogens with zero attached hydrogens (tertiary/aromatic N) is 1. The highest BCUT2D eigenvalue weighted by Gasteiger charge is 2.49. The first-order valence-corrected chi connectivity index (χ1v) is 11.1. The van der Waals surface area contributed by atoms with Crippen molar-refractivity contribution in [2.45, 2.75) is 44.2 Å². The highest BCUT2D eigenvalue weighted by Crippen LogP contribution is 2.45. The number of methoxy groups -OCH3 is 1. The van der Waals surface area contributed by atoms with E-state index in [9.17, 15) is 14.7 Å². The van der Waals surface area contributed by atoms with Crippen molar-refractivity contribution in [3.63, 3.8) is 0 Å². The third-order valence-electron chi connectivity index (χ3n) is 6.03. The number of rotatable bonds is 4. The van der Waals surface area contributed by atoms with E-state index in [1.165, 1.54) is 19.2 Å². The van der Waals surface area contributed by atoms with E-state index < -0.39 is 17.7 Å². The van der Waals surface area contributed by atoms with Gasteiger partial charge in [-0.1, -0.05) is 72.8 Å². The maximum Gasteiger partial charge on any atom is 0.295 e. The molecule has 7 heteroatoms. The molecule has 0 spiro atoms. The lowest BCUT2D eigenvalue weighted by atomic mass is 9.91. The highest BCUT2D eigenvalue weighted by atomic mass is 35.5. The number of aliphatic hydroxyl groups is 1. The number of halogens is 2. The average Bonchev–Trinajstić information content (AvgIpc) is 3.04. The summed E-state index contributed by atoms with van der Waals surface area (Å²) in [7, 11) is 1.42. The van der Waals surface area contributed by atoms with E-state index in [0.29, 0.717) is 0 Å². The molecule has 4 rings (SSSR count). The summed E-state index contributed by atoms with van der Waals surface area (Å²) in [5, 5.41) is 11.8. The van der Waals surface area contributed by atoms with E-state index in [0.717, 1.165) is 37.7 Å². The first kappa shape index (κ1) is 21.7. The second-order valence-corrected chi connectivity index (χ2v) is 8.72. The molecule has 1 aliphatic carbocycles. The number of Topliss-reactive ketones (excluding diaryl/α,β-unsaturated/α-hetero) is 1. The molecule has 1 atom stereocenters. The molecular weight excluding hydrogens is 437 g/mol. The molecule has 1 saturated carbocycles. The van der Waals surface area contributed by atoms with E-state index in [-0.39, 0.29) is 38.7 Å². The van der Waals surface area contributed by atoms with Crippen LogP contribution in [0.15, 0.2) is 48.0 Å². The van der Waals surface area contributed by atoms with Crippen LogP contribution in [0.1, 0.15) is 49.3 Å². The topological polar surface area (TPSA) is 66.8 Å². The Kier molecular flexibility index (Phi) is 6.26. The number of hydrogen-bond acceptors (Lipinski definition) is 4. The summed E-state index contributed by atoms with van der Waals surface area (Å²) in [5.74, 6) is -1.45. The Hall–Kier alpha value is -2.50. The molecule has 1 amide bonds. The van der Waals surface area contributed by atoms with Crippen LogP contribution in [0, 0.1) is 0 Å². The molecule has 31 heavy (non-hydrogen) atoms. The van der Waals surface area contributed by atoms with Gasteiger partial charge in [-0.05, 0) is 30.5 Å². The summed E-state index contributed by atoms with van der Waals surface area (Å²) in [6.07, 6.45) is 4.81. The van der Waals surface area contributed by atoms with Gasteiger partial charge in [0.2, 0.25) is 0 Å². The first-order chi connectivity index (χ1) is 14.9. The first-order valence-electron chi connectivity index (χ1n) is 10.3. The van der Waals surface area contributed by atoms with Gasteiger partial charge >= 0.3 is 0 Å². The molecule has 2 aliphatic rings. The van der Waals surface area contributed by atoms with Crippen LogP contribution in [-0.2, 0) is 9.59 Å². The van der Waals surface area contributed by atoms with Gasteiger partial charge < -0.3 is 14.7 Å². The van der Waals surface area contributed by atoms with Crippen LogP contribution in [0.3, 0.4) is 0 Å². The van der Waals surface area contributed by atoms with Gasteiger partial charge in [0.1, 0.15) is 11.5 Å². The monoisotopic (exact) mass is 459 g/mol. The average molecular weight is 460 g/mol. The Labute approximate surface area is 191 Å². The van der Waals surface area contributed by atoms with Crippen LogP contribution in [0.25, 0.3) is 5.76 Å². The van der Waals surface area contributed by atoms with Gasteiger partial charge in [0.25, 0.3) is 11.7 Å². The van der Waals surface area contributed by atoms with Crippen molar-refractivity contribution in [2.24, 2.45) is 0 Å². The van der Waals surface area contributed by atoms with E-state index >= 15 is 0 Å². The van der Waals surface area contributed by atoms with Crippen LogP contribution < -0.4 is 4.74 Å². The fraction of sp³-hybridized carbons (Fsp3) is 0.333. The fourth-order valence-electron chi connectivity index (χ4n) is 4.64. The highest BCUT2D eigenvalue weighted by molar-refractivity contribution is 6.47. The second-order valence-electron chi connectivity index (χ2n) is 7.88. The van der Waals surface area contributed by atoms with E-state index in [1.54, 1.807) is 4.90 Å². The number of carbonyl (C=O) groups is 2. The minimum atomic E-state index is -0.713. The zero-order valence-electron chi connectivity index (χ0n) is 17.1. The summed E-state index contributed by atoms with van der Waals surface area (Å²) < 4.78 is 5.36. The minimum Gasteiger partial charge on any atom is -0.507 e. The Morgan fingerprint density at radius 2 is 1.74 bits per heavy atom. The number of carbonyl (C=O) groups excluding carboxylic acids is 2. The van der Waals surface area contributed by atoms with Crippen LogP contribution in [0.2, 0.25) is 10.0 Å². The van der Waals surface area contributed by atoms with Crippen molar-refractivity contribution in [3.8, 4) is 5.75 Å². The van der Waals surface area contributed by atoms with Gasteiger partial charge in [-0.3, -0.25) is 9.59 Å². The van der Waals surface area contributed by atoms with Crippen LogP contribution in [0.5, 0.6) is 5.75 Å². The molecule has 0 aromatic heterocycles. The maximum absolute atomic E-state index is 13.2. The molecule has 1 saturated heterocycles. The summed E-state index contributed by atoms with van der Waals surface area (Å²) in [5.41, 5.74) is 0.974. The van der Waals surface area contributed by atoms with Crippen molar-refractivity contribution in [2.75, 3.05) is 7.11 Å². The summed E-state index contributed by atoms with van der Waals surface area (Å²) in [6.45, 7) is 0. The summed E-state index contributed by atoms with van der Waals surface area (Å²) in [4.78, 5) is 28.0. The number of amides is 1. The molecule has 2 aromatic carbocycles. The van der Waals surface area contributed by atoms with E-state index in [4.69, 9.17) is 27.9 Å². The van der Waals surface area contributed by atoms with Crippen LogP contribution in [-0.4, -0.2) is 34.8 Å². The quantitative estimate of drug-likeness (QED) is 0.358. The standard InChI is InChI=1S/C24H23Cl2NO4/c1-31-23-17(12-15(25)13-18(23)26)21(28)19-20(14-8-4-2-5-9-14)27(24(30)22(19)29)16-10-6-3-7-11-16/h2,4-5,8-9,12-13,16,20,28H,3,6-7,10-11H2,1H3/b21-19+. The Morgan fingerprint density at radius 3 is 2.39 bits per heavy atom. The predicted molar refractivity (Wildman–Crippen MR) is 120 cm³/mol. The molecule has 0 bridgehead atoms. The van der Waals surface area contributed by atoms with Gasteiger partial charge in [-0.25, -0.2) is 0 Å². The second kappa shape index (κ2) is 8.93. The van der Waals surface area contributed by atoms with Gasteiger partial charge in [0, 0.05) is 11.1 Å². The molecule has 1 unspecified atom stereocenters. The summed E-state index contributed by atoms with van der Waals surface area (Å²) >= 11 is 12.4. The fourth-order valence-corrected chi connectivity index (χ4v) is 5.21. The smallest absolute Gasteiger partial charge is 0.295 e.